The van der Waals surface area contributed by atoms with Crippen molar-refractivity contribution >= 4 is 23.8 Å². The summed E-state index contributed by atoms with van der Waals surface area (Å²) in [5, 5.41) is 10.4. The van der Waals surface area contributed by atoms with Crippen molar-refractivity contribution < 1.29 is 27.9 Å². The fraction of sp³-hybridized carbons (Fsp3) is 1.00. The summed E-state index contributed by atoms with van der Waals surface area (Å²) < 4.78 is 35.1. The molecule has 9 heteroatoms. The Morgan fingerprint density at radius 3 is 2.24 bits per heavy atom. The van der Waals surface area contributed by atoms with Gasteiger partial charge in [0.15, 0.2) is 14.2 Å². The number of ether oxygens (including phenoxy) is 1. The Labute approximate surface area is 155 Å². The van der Waals surface area contributed by atoms with E-state index in [0.717, 1.165) is 0 Å². The summed E-state index contributed by atoms with van der Waals surface area (Å²) >= 11 is 0. The van der Waals surface area contributed by atoms with Gasteiger partial charge in [-0.25, -0.2) is 0 Å². The summed E-state index contributed by atoms with van der Waals surface area (Å²) in [4.78, 5) is 0. The fourth-order valence-corrected chi connectivity index (χ4v) is 5.49. The summed E-state index contributed by atoms with van der Waals surface area (Å²) in [5.74, 6) is -1.24. The Bertz CT molecular complexity index is 460. The van der Waals surface area contributed by atoms with Gasteiger partial charge in [-0.3, -0.25) is 4.57 Å². The van der Waals surface area contributed by atoms with Crippen LogP contribution in [0.15, 0.2) is 0 Å². The number of aliphatic hydroxyl groups excluding tert-OH is 1. The SMILES string of the molecule is [B][C@@H]1O[C@H](CC(O)P(=O)(OCC)OCC)CC1O[Si](C)(C)C(C)(C)C. The minimum atomic E-state index is -3.57. The van der Waals surface area contributed by atoms with Crippen molar-refractivity contribution in [3.63, 3.8) is 0 Å². The van der Waals surface area contributed by atoms with Gasteiger partial charge < -0.3 is 23.3 Å². The fourth-order valence-electron chi connectivity index (χ4n) is 2.51. The van der Waals surface area contributed by atoms with E-state index in [9.17, 15) is 9.67 Å². The molecule has 0 aromatic rings. The van der Waals surface area contributed by atoms with Crippen molar-refractivity contribution in [2.24, 2.45) is 0 Å². The Balaban J connectivity index is 2.70. The molecular weight excluding hydrogens is 358 g/mol. The molecule has 0 aromatic heterocycles. The van der Waals surface area contributed by atoms with Gasteiger partial charge in [0.05, 0.1) is 25.4 Å². The molecule has 2 unspecified atom stereocenters. The summed E-state index contributed by atoms with van der Waals surface area (Å²) in [6, 6.07) is -0.551. The molecule has 25 heavy (non-hydrogen) atoms. The number of hydrogen-bond acceptors (Lipinski definition) is 6. The van der Waals surface area contributed by atoms with Gasteiger partial charge in [0.1, 0.15) is 7.85 Å². The molecule has 1 N–H and O–H groups in total. The lowest BCUT2D eigenvalue weighted by Gasteiger charge is -2.39. The average Bonchev–Trinajstić information content (AvgIpc) is 2.77. The molecule has 146 valence electrons. The van der Waals surface area contributed by atoms with Gasteiger partial charge in [-0.2, -0.15) is 0 Å². The maximum atomic E-state index is 12.6. The zero-order chi connectivity index (χ0) is 19.5. The van der Waals surface area contributed by atoms with Gasteiger partial charge in [-0.1, -0.05) is 20.8 Å². The highest BCUT2D eigenvalue weighted by Crippen LogP contribution is 2.54. The highest BCUT2D eigenvalue weighted by atomic mass is 31.2. The van der Waals surface area contributed by atoms with Crippen molar-refractivity contribution in [1.82, 2.24) is 0 Å². The maximum Gasteiger partial charge on any atom is 0.358 e. The van der Waals surface area contributed by atoms with Crippen LogP contribution in [0.4, 0.5) is 0 Å². The molecular formula is C16H34BO6PSi. The number of hydrogen-bond donors (Lipinski definition) is 1. The van der Waals surface area contributed by atoms with Crippen LogP contribution in [0.3, 0.4) is 0 Å². The molecule has 1 aliphatic rings. The van der Waals surface area contributed by atoms with Gasteiger partial charge in [0.2, 0.25) is 0 Å². The Morgan fingerprint density at radius 2 is 1.80 bits per heavy atom. The van der Waals surface area contributed by atoms with Crippen LogP contribution < -0.4 is 0 Å². The maximum absolute atomic E-state index is 12.6. The van der Waals surface area contributed by atoms with Crippen molar-refractivity contribution in [2.45, 2.75) is 89.6 Å². The second kappa shape index (κ2) is 9.00. The molecule has 6 nitrogen and oxygen atoms in total. The second-order valence-electron chi connectivity index (χ2n) is 7.97. The first-order chi connectivity index (χ1) is 11.4. The highest BCUT2D eigenvalue weighted by Gasteiger charge is 2.45. The van der Waals surface area contributed by atoms with E-state index in [0.29, 0.717) is 6.42 Å². The molecule has 1 fully saturated rings. The summed E-state index contributed by atoms with van der Waals surface area (Å²) in [6.45, 7) is 14.7. The van der Waals surface area contributed by atoms with Gasteiger partial charge >= 0.3 is 7.60 Å². The van der Waals surface area contributed by atoms with Crippen LogP contribution >= 0.6 is 7.60 Å². The minimum Gasteiger partial charge on any atom is -0.412 e. The lowest BCUT2D eigenvalue weighted by Crippen LogP contribution is -2.46. The normalized spacial score (nSPS) is 26.8. The van der Waals surface area contributed by atoms with E-state index < -0.39 is 27.8 Å². The molecule has 0 amide bonds. The molecule has 1 rings (SSSR count). The van der Waals surface area contributed by atoms with Crippen LogP contribution in [0.25, 0.3) is 0 Å². The molecule has 0 bridgehead atoms. The standard InChI is InChI=1S/C16H34BO6PSi/c1-8-20-24(19,21-9-2)14(18)11-12-10-13(15(17)22-12)23-25(6,7)16(3,4)5/h12-15,18H,8-11H2,1-7H3/t12-,13?,14?,15+/m0/s1. The Kier molecular flexibility index (Phi) is 8.41. The molecule has 0 saturated carbocycles. The summed E-state index contributed by atoms with van der Waals surface area (Å²) in [5.41, 5.74) is 0. The Hall–Kier alpha value is 0.312. The topological polar surface area (TPSA) is 74.2 Å². The van der Waals surface area contributed by atoms with Gasteiger partial charge in [0.25, 0.3) is 0 Å². The molecule has 0 spiro atoms. The van der Waals surface area contributed by atoms with Crippen molar-refractivity contribution in [2.75, 3.05) is 13.2 Å². The number of rotatable bonds is 9. The first kappa shape index (κ1) is 23.4. The van der Waals surface area contributed by atoms with Gasteiger partial charge in [0, 0.05) is 18.8 Å². The zero-order valence-electron chi connectivity index (χ0n) is 16.7. The monoisotopic (exact) mass is 392 g/mol. The van der Waals surface area contributed by atoms with Gasteiger partial charge in [-0.05, 0) is 32.0 Å². The predicted molar refractivity (Wildman–Crippen MR) is 103 cm³/mol. The van der Waals surface area contributed by atoms with Crippen molar-refractivity contribution in [3.05, 3.63) is 0 Å². The average molecular weight is 392 g/mol. The van der Waals surface area contributed by atoms with E-state index in [-0.39, 0.29) is 36.9 Å². The van der Waals surface area contributed by atoms with Crippen LogP contribution in [0, 0.1) is 0 Å². The smallest absolute Gasteiger partial charge is 0.358 e. The molecule has 1 aliphatic heterocycles. The number of aliphatic hydroxyl groups is 1. The molecule has 4 atom stereocenters. The van der Waals surface area contributed by atoms with E-state index >= 15 is 0 Å². The molecule has 0 aromatic carbocycles. The molecule has 0 aliphatic carbocycles. The van der Waals surface area contributed by atoms with Crippen molar-refractivity contribution in [1.29, 1.82) is 0 Å². The predicted octanol–water partition coefficient (Wildman–Crippen LogP) is 3.63. The van der Waals surface area contributed by atoms with E-state index in [1.165, 1.54) is 0 Å². The van der Waals surface area contributed by atoms with Gasteiger partial charge in [-0.15, -0.1) is 0 Å². The first-order valence-corrected chi connectivity index (χ1v) is 13.5. The van der Waals surface area contributed by atoms with Crippen molar-refractivity contribution in [3.8, 4) is 0 Å². The second-order valence-corrected chi connectivity index (χ2v) is 14.9. The van der Waals surface area contributed by atoms with E-state index in [1.807, 2.05) is 0 Å². The summed E-state index contributed by atoms with van der Waals surface area (Å²) in [6.07, 6.45) is 0.136. The third kappa shape index (κ3) is 6.16. The quantitative estimate of drug-likeness (QED) is 0.477. The van der Waals surface area contributed by atoms with Crippen LogP contribution in [0.2, 0.25) is 18.1 Å². The van der Waals surface area contributed by atoms with E-state index in [2.05, 4.69) is 33.9 Å². The molecule has 2 radical (unpaired) electrons. The molecule has 1 saturated heterocycles. The van der Waals surface area contributed by atoms with Crippen LogP contribution in [0.5, 0.6) is 0 Å². The lowest BCUT2D eigenvalue weighted by atomic mass is 9.94. The first-order valence-electron chi connectivity index (χ1n) is 9.02. The van der Waals surface area contributed by atoms with Crippen LogP contribution in [-0.2, 0) is 22.8 Å². The van der Waals surface area contributed by atoms with E-state index in [4.69, 9.17) is 26.1 Å². The summed E-state index contributed by atoms with van der Waals surface area (Å²) in [7, 11) is 0.547. The molecule has 1 heterocycles. The zero-order valence-corrected chi connectivity index (χ0v) is 18.5. The minimum absolute atomic E-state index is 0.0734. The van der Waals surface area contributed by atoms with Crippen LogP contribution in [0.1, 0.15) is 47.5 Å². The highest BCUT2D eigenvalue weighted by molar-refractivity contribution is 7.54. The van der Waals surface area contributed by atoms with Crippen LogP contribution in [-0.4, -0.2) is 58.5 Å². The largest absolute Gasteiger partial charge is 0.412 e. The lowest BCUT2D eigenvalue weighted by molar-refractivity contribution is 0.0380. The Morgan fingerprint density at radius 1 is 1.28 bits per heavy atom. The third-order valence-corrected chi connectivity index (χ3v) is 11.6. The van der Waals surface area contributed by atoms with E-state index in [1.54, 1.807) is 13.8 Å². The third-order valence-electron chi connectivity index (χ3n) is 4.92.